The number of anilines is 2. The van der Waals surface area contributed by atoms with Crippen LogP contribution in [-0.2, 0) is 20.8 Å². The van der Waals surface area contributed by atoms with Gasteiger partial charge in [0.25, 0.3) is 11.4 Å². The van der Waals surface area contributed by atoms with Crippen molar-refractivity contribution >= 4 is 40.5 Å². The number of primary amides is 1. The van der Waals surface area contributed by atoms with Gasteiger partial charge in [0.15, 0.2) is 0 Å². The number of carbonyl (C=O) groups is 3. The highest BCUT2D eigenvalue weighted by molar-refractivity contribution is 6.50. The quantitative estimate of drug-likeness (QED) is 0.694. The predicted molar refractivity (Wildman–Crippen MR) is 131 cm³/mol. The third-order valence-corrected chi connectivity index (χ3v) is 7.22. The van der Waals surface area contributed by atoms with Crippen molar-refractivity contribution in [1.29, 1.82) is 0 Å². The Morgan fingerprint density at radius 3 is 2.46 bits per heavy atom. The minimum atomic E-state index is -0.536. The van der Waals surface area contributed by atoms with E-state index >= 15 is 0 Å². The van der Waals surface area contributed by atoms with E-state index in [-0.39, 0.29) is 17.9 Å². The van der Waals surface area contributed by atoms with Crippen LogP contribution in [0.3, 0.4) is 0 Å². The van der Waals surface area contributed by atoms with Gasteiger partial charge in [-0.25, -0.2) is 0 Å². The normalized spacial score (nSPS) is 21.6. The molecule has 2 fully saturated rings. The molecule has 4 aliphatic heterocycles. The van der Waals surface area contributed by atoms with Gasteiger partial charge in [-0.2, -0.15) is 0 Å². The summed E-state index contributed by atoms with van der Waals surface area (Å²) in [5, 5.41) is 0. The van der Waals surface area contributed by atoms with E-state index < -0.39 is 5.91 Å². The fourth-order valence-corrected chi connectivity index (χ4v) is 5.56. The number of nitrogens with zero attached hydrogens (tertiary/aromatic N) is 3. The summed E-state index contributed by atoms with van der Waals surface area (Å²) in [4.78, 5) is 41.7. The first-order valence-electron chi connectivity index (χ1n) is 12.1. The van der Waals surface area contributed by atoms with Crippen LogP contribution in [-0.4, -0.2) is 47.2 Å². The number of nitrogens with two attached hydrogens (primary N) is 1. The van der Waals surface area contributed by atoms with Crippen molar-refractivity contribution in [2.24, 2.45) is 5.73 Å². The molecular weight excluding hydrogens is 444 g/mol. The van der Waals surface area contributed by atoms with Crippen molar-refractivity contribution < 1.29 is 23.7 Å². The van der Waals surface area contributed by atoms with E-state index in [1.807, 2.05) is 54.3 Å². The number of ether oxygens (including phenoxy) is 1. The Morgan fingerprint density at radius 1 is 1.00 bits per heavy atom. The molecule has 0 aliphatic carbocycles. The molecule has 35 heavy (non-hydrogen) atoms. The number of carbonyl (C=O) groups excluding carboxylic acids is 3. The minimum absolute atomic E-state index is 0.0982. The van der Waals surface area contributed by atoms with Crippen molar-refractivity contribution in [1.82, 2.24) is 0 Å². The average molecular weight is 472 g/mol. The maximum atomic E-state index is 13.6. The van der Waals surface area contributed by atoms with E-state index in [0.717, 1.165) is 59.8 Å². The van der Waals surface area contributed by atoms with Crippen LogP contribution in [0.2, 0.25) is 0 Å². The largest absolute Gasteiger partial charge is 0.490 e. The second kappa shape index (κ2) is 8.08. The van der Waals surface area contributed by atoms with Gasteiger partial charge >= 0.3 is 11.8 Å². The van der Waals surface area contributed by atoms with Crippen molar-refractivity contribution in [2.75, 3.05) is 22.9 Å². The molecule has 6 rings (SSSR count). The molecule has 2 N–H and O–H groups in total. The zero-order chi connectivity index (χ0) is 24.3. The van der Waals surface area contributed by atoms with Gasteiger partial charge in [0, 0.05) is 61.4 Å². The molecule has 2 aromatic carbocycles. The van der Waals surface area contributed by atoms with E-state index in [9.17, 15) is 14.4 Å². The van der Waals surface area contributed by atoms with Crippen LogP contribution in [0.25, 0.3) is 0 Å². The van der Waals surface area contributed by atoms with Crippen molar-refractivity contribution in [3.63, 3.8) is 0 Å². The topological polar surface area (TPSA) is 96.0 Å². The van der Waals surface area contributed by atoms with Gasteiger partial charge in [0.1, 0.15) is 17.4 Å². The Kier molecular flexibility index (Phi) is 4.98. The summed E-state index contributed by atoms with van der Waals surface area (Å²) in [6.45, 7) is 3.20. The highest BCUT2D eigenvalue weighted by atomic mass is 16.5. The maximum Gasteiger partial charge on any atom is 0.324 e. The molecule has 3 amide bonds. The van der Waals surface area contributed by atoms with Crippen LogP contribution in [0.1, 0.15) is 38.2 Å². The zero-order valence-corrected chi connectivity index (χ0v) is 19.6. The van der Waals surface area contributed by atoms with Gasteiger partial charge in [-0.1, -0.05) is 0 Å². The molecule has 2 aromatic rings. The molecule has 2 saturated heterocycles. The van der Waals surface area contributed by atoms with E-state index in [1.54, 1.807) is 9.48 Å². The Labute approximate surface area is 203 Å². The fourth-order valence-electron chi connectivity index (χ4n) is 5.56. The molecule has 0 aromatic heterocycles. The molecule has 0 bridgehead atoms. The molecular formula is C27H27N4O4+. The number of hydrogen-bond donors (Lipinski definition) is 1. The Hall–Kier alpha value is -3.94. The van der Waals surface area contributed by atoms with Gasteiger partial charge < -0.3 is 20.3 Å². The summed E-state index contributed by atoms with van der Waals surface area (Å²) in [6.07, 6.45) is 3.93. The molecule has 178 valence electrons. The highest BCUT2D eigenvalue weighted by Gasteiger charge is 2.51. The molecule has 4 heterocycles. The predicted octanol–water partition coefficient (Wildman–Crippen LogP) is 2.80. The first kappa shape index (κ1) is 21.6. The first-order chi connectivity index (χ1) is 16.9. The van der Waals surface area contributed by atoms with Gasteiger partial charge in [0.2, 0.25) is 11.6 Å². The summed E-state index contributed by atoms with van der Waals surface area (Å²) in [5.41, 5.74) is 10.7. The fraction of sp³-hybridized carbons (Fsp3) is 0.333. The minimum Gasteiger partial charge on any atom is -0.490 e. The summed E-state index contributed by atoms with van der Waals surface area (Å²) in [5.74, 6) is 0.274. The number of benzene rings is 2. The summed E-state index contributed by atoms with van der Waals surface area (Å²) < 4.78 is 7.49. The number of amides is 3. The number of rotatable bonds is 4. The van der Waals surface area contributed by atoms with Gasteiger partial charge in [-0.05, 0) is 50.1 Å². The average Bonchev–Trinajstić information content (AvgIpc) is 3.20. The molecule has 1 unspecified atom stereocenters. The molecule has 4 aliphatic rings. The molecule has 0 saturated carbocycles. The summed E-state index contributed by atoms with van der Waals surface area (Å²) >= 11 is 0. The summed E-state index contributed by atoms with van der Waals surface area (Å²) in [7, 11) is 0. The van der Waals surface area contributed by atoms with Crippen molar-refractivity contribution in [3.05, 3.63) is 59.3 Å². The number of hydrogen-bond acceptors (Lipinski definition) is 4. The molecule has 8 heteroatoms. The highest BCUT2D eigenvalue weighted by Crippen LogP contribution is 2.39. The van der Waals surface area contributed by atoms with Crippen LogP contribution >= 0.6 is 0 Å². The third-order valence-electron chi connectivity index (χ3n) is 7.22. The SMILES string of the molecule is CC1Cc2cc([N+]3=C4C(=O)N(c5ccc(N6CCCCC6=O)cc5)CCC4=C3C(N)=O)ccc2O1. The number of piperidine rings is 2. The molecule has 0 spiro atoms. The van der Waals surface area contributed by atoms with Crippen LogP contribution in [0.15, 0.2) is 53.7 Å². The van der Waals surface area contributed by atoms with Gasteiger partial charge in [0.05, 0.1) is 0 Å². The lowest BCUT2D eigenvalue weighted by molar-refractivity contribution is -0.392. The zero-order valence-electron chi connectivity index (χ0n) is 19.6. The molecule has 8 nitrogen and oxygen atoms in total. The monoisotopic (exact) mass is 471 g/mol. The standard InChI is InChI=1S/C27H26N4O4/c1-16-14-17-15-20(9-10-22(17)35-16)31-24(26(28)33)21-11-13-30(27(34)25(21)31)19-7-5-18(6-8-19)29-12-3-2-4-23(29)32/h5-10,15-16H,2-4,11-14H2,1H3,(H-,28,33)/p+1. The van der Waals surface area contributed by atoms with Crippen LogP contribution in [0, 0.1) is 0 Å². The number of fused-ring (bicyclic) bond motifs is 2. The van der Waals surface area contributed by atoms with Gasteiger partial charge in [-0.3, -0.25) is 14.4 Å². The second-order valence-corrected chi connectivity index (χ2v) is 9.53. The van der Waals surface area contributed by atoms with Crippen molar-refractivity contribution in [3.8, 4) is 5.75 Å². The Bertz CT molecular complexity index is 1340. The molecule has 0 radical (unpaired) electrons. The Balaban J connectivity index is 1.32. The maximum absolute atomic E-state index is 13.6. The van der Waals surface area contributed by atoms with Crippen LogP contribution < -0.4 is 20.3 Å². The molecule has 1 atom stereocenters. The lowest BCUT2D eigenvalue weighted by atomic mass is 9.90. The lowest BCUT2D eigenvalue weighted by Crippen LogP contribution is -2.52. The Morgan fingerprint density at radius 2 is 1.74 bits per heavy atom. The first-order valence-corrected chi connectivity index (χ1v) is 12.1. The van der Waals surface area contributed by atoms with Gasteiger partial charge in [-0.15, -0.1) is 4.58 Å². The van der Waals surface area contributed by atoms with Crippen LogP contribution in [0.5, 0.6) is 5.75 Å². The third kappa shape index (κ3) is 3.43. The summed E-state index contributed by atoms with van der Waals surface area (Å²) in [6, 6.07) is 13.3. The van der Waals surface area contributed by atoms with E-state index in [4.69, 9.17) is 10.5 Å². The second-order valence-electron chi connectivity index (χ2n) is 9.53. The smallest absolute Gasteiger partial charge is 0.324 e. The van der Waals surface area contributed by atoms with Crippen LogP contribution in [0.4, 0.5) is 17.1 Å². The van der Waals surface area contributed by atoms with E-state index in [0.29, 0.717) is 30.8 Å². The lowest BCUT2D eigenvalue weighted by Gasteiger charge is -2.32. The van der Waals surface area contributed by atoms with E-state index in [2.05, 4.69) is 0 Å². The van der Waals surface area contributed by atoms with E-state index in [1.165, 1.54) is 0 Å². The van der Waals surface area contributed by atoms with Crippen molar-refractivity contribution in [2.45, 2.75) is 45.1 Å².